The summed E-state index contributed by atoms with van der Waals surface area (Å²) in [6.07, 6.45) is 0. The van der Waals surface area contributed by atoms with Gasteiger partial charge in [0.25, 0.3) is 5.91 Å². The number of phenolic OH excluding ortho intramolecular Hbond substituents is 1. The number of rotatable bonds is 6. The molecule has 0 heterocycles. The van der Waals surface area contributed by atoms with Gasteiger partial charge in [0.05, 0.1) is 6.54 Å². The van der Waals surface area contributed by atoms with E-state index >= 15 is 0 Å². The Balaban J connectivity index is 1.70. The van der Waals surface area contributed by atoms with Crippen molar-refractivity contribution in [3.63, 3.8) is 0 Å². The van der Waals surface area contributed by atoms with Crippen LogP contribution in [-0.2, 0) is 9.59 Å². The molecule has 23 heavy (non-hydrogen) atoms. The van der Waals surface area contributed by atoms with Gasteiger partial charge < -0.3 is 20.5 Å². The average molecular weight is 335 g/mol. The minimum absolute atomic E-state index is 0.107. The predicted octanol–water partition coefficient (Wildman–Crippen LogP) is 2.18. The summed E-state index contributed by atoms with van der Waals surface area (Å²) in [7, 11) is 0. The molecular formula is C16H15ClN2O4. The molecule has 0 unspecified atom stereocenters. The quantitative estimate of drug-likeness (QED) is 0.707. The Bertz CT molecular complexity index is 671. The first-order valence-corrected chi connectivity index (χ1v) is 7.14. The van der Waals surface area contributed by atoms with Crippen molar-refractivity contribution in [2.45, 2.75) is 0 Å². The van der Waals surface area contributed by atoms with Crippen LogP contribution in [0.1, 0.15) is 0 Å². The van der Waals surface area contributed by atoms with E-state index in [1.807, 2.05) is 0 Å². The Morgan fingerprint density at radius 3 is 2.30 bits per heavy atom. The Kier molecular flexibility index (Phi) is 5.82. The van der Waals surface area contributed by atoms with E-state index in [4.69, 9.17) is 21.4 Å². The molecule has 0 aromatic heterocycles. The SMILES string of the molecule is O=C(COc1ccc(Cl)cc1)NCC(=O)Nc1ccc(O)cc1. The maximum atomic E-state index is 11.7. The van der Waals surface area contributed by atoms with Gasteiger partial charge >= 0.3 is 0 Å². The zero-order chi connectivity index (χ0) is 16.7. The van der Waals surface area contributed by atoms with Gasteiger partial charge in [-0.05, 0) is 48.5 Å². The smallest absolute Gasteiger partial charge is 0.258 e. The molecule has 120 valence electrons. The van der Waals surface area contributed by atoms with Crippen LogP contribution in [0.3, 0.4) is 0 Å². The van der Waals surface area contributed by atoms with Gasteiger partial charge in [0.2, 0.25) is 5.91 Å². The van der Waals surface area contributed by atoms with Gasteiger partial charge in [-0.3, -0.25) is 9.59 Å². The Morgan fingerprint density at radius 1 is 1.00 bits per heavy atom. The van der Waals surface area contributed by atoms with Crippen molar-refractivity contribution in [3.8, 4) is 11.5 Å². The summed E-state index contributed by atoms with van der Waals surface area (Å²) in [5.41, 5.74) is 0.527. The summed E-state index contributed by atoms with van der Waals surface area (Å²) in [5.74, 6) is -0.176. The first-order valence-electron chi connectivity index (χ1n) is 6.77. The molecular weight excluding hydrogens is 320 g/mol. The number of carbonyl (C=O) groups is 2. The van der Waals surface area contributed by atoms with Crippen LogP contribution >= 0.6 is 11.6 Å². The lowest BCUT2D eigenvalue weighted by Gasteiger charge is -2.08. The molecule has 0 aliphatic carbocycles. The van der Waals surface area contributed by atoms with E-state index in [0.29, 0.717) is 16.5 Å². The molecule has 6 nitrogen and oxygen atoms in total. The molecule has 0 saturated heterocycles. The van der Waals surface area contributed by atoms with Gasteiger partial charge in [-0.15, -0.1) is 0 Å². The summed E-state index contributed by atoms with van der Waals surface area (Å²) in [4.78, 5) is 23.3. The second-order valence-corrected chi connectivity index (χ2v) is 5.05. The number of halogens is 1. The topological polar surface area (TPSA) is 87.7 Å². The molecule has 0 atom stereocenters. The van der Waals surface area contributed by atoms with E-state index in [1.165, 1.54) is 12.1 Å². The summed E-state index contributed by atoms with van der Waals surface area (Å²) >= 11 is 5.74. The molecule has 0 fully saturated rings. The fourth-order valence-electron chi connectivity index (χ4n) is 1.66. The monoisotopic (exact) mass is 334 g/mol. The highest BCUT2D eigenvalue weighted by Crippen LogP contribution is 2.15. The molecule has 7 heteroatoms. The van der Waals surface area contributed by atoms with E-state index in [2.05, 4.69) is 10.6 Å². The number of nitrogens with one attached hydrogen (secondary N) is 2. The summed E-state index contributed by atoms with van der Waals surface area (Å²) in [5, 5.41) is 14.7. The number of benzene rings is 2. The Morgan fingerprint density at radius 2 is 1.65 bits per heavy atom. The zero-order valence-corrected chi connectivity index (χ0v) is 12.8. The van der Waals surface area contributed by atoms with Crippen LogP contribution in [0.4, 0.5) is 5.69 Å². The molecule has 0 aliphatic heterocycles. The van der Waals surface area contributed by atoms with Crippen LogP contribution in [0.25, 0.3) is 0 Å². The molecule has 0 bridgehead atoms. The van der Waals surface area contributed by atoms with E-state index in [9.17, 15) is 9.59 Å². The lowest BCUT2D eigenvalue weighted by Crippen LogP contribution is -2.35. The molecule has 0 saturated carbocycles. The molecule has 2 aromatic rings. The van der Waals surface area contributed by atoms with E-state index in [-0.39, 0.29) is 24.8 Å². The highest BCUT2D eigenvalue weighted by Gasteiger charge is 2.07. The largest absolute Gasteiger partial charge is 0.508 e. The van der Waals surface area contributed by atoms with Crippen LogP contribution in [0.15, 0.2) is 48.5 Å². The molecule has 2 amide bonds. The summed E-state index contributed by atoms with van der Waals surface area (Å²) in [6.45, 7) is -0.377. The lowest BCUT2D eigenvalue weighted by atomic mass is 10.3. The van der Waals surface area contributed by atoms with Gasteiger partial charge in [0.1, 0.15) is 11.5 Å². The maximum absolute atomic E-state index is 11.7. The summed E-state index contributed by atoms with van der Waals surface area (Å²) < 4.78 is 5.26. The normalized spacial score (nSPS) is 9.96. The van der Waals surface area contributed by atoms with Crippen molar-refractivity contribution in [3.05, 3.63) is 53.6 Å². The minimum Gasteiger partial charge on any atom is -0.508 e. The van der Waals surface area contributed by atoms with Gasteiger partial charge in [-0.2, -0.15) is 0 Å². The number of carbonyl (C=O) groups excluding carboxylic acids is 2. The number of anilines is 1. The summed E-state index contributed by atoms with van der Waals surface area (Å²) in [6, 6.07) is 12.6. The fraction of sp³-hybridized carbons (Fsp3) is 0.125. The Labute approximate surface area is 138 Å². The number of aromatic hydroxyl groups is 1. The van der Waals surface area contributed by atoms with E-state index < -0.39 is 5.91 Å². The number of ether oxygens (including phenoxy) is 1. The highest BCUT2D eigenvalue weighted by molar-refractivity contribution is 6.30. The van der Waals surface area contributed by atoms with Gasteiger partial charge in [-0.25, -0.2) is 0 Å². The second kappa shape index (κ2) is 8.05. The lowest BCUT2D eigenvalue weighted by molar-refractivity contribution is -0.125. The first kappa shape index (κ1) is 16.6. The molecule has 2 rings (SSSR count). The average Bonchev–Trinajstić information content (AvgIpc) is 2.54. The third kappa shape index (κ3) is 5.88. The number of amides is 2. The van der Waals surface area contributed by atoms with Crippen LogP contribution in [0.5, 0.6) is 11.5 Å². The molecule has 0 aliphatic rings. The van der Waals surface area contributed by atoms with Crippen molar-refractivity contribution < 1.29 is 19.4 Å². The van der Waals surface area contributed by atoms with Crippen LogP contribution in [0.2, 0.25) is 5.02 Å². The van der Waals surface area contributed by atoms with Crippen LogP contribution < -0.4 is 15.4 Å². The van der Waals surface area contributed by atoms with Gasteiger partial charge in [0.15, 0.2) is 6.61 Å². The van der Waals surface area contributed by atoms with Crippen molar-refractivity contribution in [2.24, 2.45) is 0 Å². The standard InChI is InChI=1S/C16H15ClN2O4/c17-11-1-7-14(8-2-11)23-10-16(22)18-9-15(21)19-12-3-5-13(20)6-4-12/h1-8,20H,9-10H2,(H,18,22)(H,19,21). The number of phenols is 1. The molecule has 2 aromatic carbocycles. The predicted molar refractivity (Wildman–Crippen MR) is 86.7 cm³/mol. The fourth-order valence-corrected chi connectivity index (χ4v) is 1.79. The number of hydrogen-bond donors (Lipinski definition) is 3. The van der Waals surface area contributed by atoms with E-state index in [1.54, 1.807) is 36.4 Å². The Hall–Kier alpha value is -2.73. The molecule has 3 N–H and O–H groups in total. The van der Waals surface area contributed by atoms with Gasteiger partial charge in [0, 0.05) is 10.7 Å². The van der Waals surface area contributed by atoms with Crippen molar-refractivity contribution in [1.29, 1.82) is 0 Å². The van der Waals surface area contributed by atoms with Crippen LogP contribution in [0, 0.1) is 0 Å². The van der Waals surface area contributed by atoms with Crippen molar-refractivity contribution in [2.75, 3.05) is 18.5 Å². The van der Waals surface area contributed by atoms with Crippen molar-refractivity contribution in [1.82, 2.24) is 5.32 Å². The number of hydrogen-bond acceptors (Lipinski definition) is 4. The van der Waals surface area contributed by atoms with E-state index in [0.717, 1.165) is 0 Å². The van der Waals surface area contributed by atoms with Crippen LogP contribution in [-0.4, -0.2) is 30.1 Å². The van der Waals surface area contributed by atoms with Crippen molar-refractivity contribution >= 4 is 29.1 Å². The maximum Gasteiger partial charge on any atom is 0.258 e. The third-order valence-electron chi connectivity index (χ3n) is 2.78. The first-order chi connectivity index (χ1) is 11.0. The highest BCUT2D eigenvalue weighted by atomic mass is 35.5. The molecule has 0 spiro atoms. The second-order valence-electron chi connectivity index (χ2n) is 4.61. The van der Waals surface area contributed by atoms with Gasteiger partial charge in [-0.1, -0.05) is 11.6 Å². The third-order valence-corrected chi connectivity index (χ3v) is 3.03. The minimum atomic E-state index is -0.416. The zero-order valence-electron chi connectivity index (χ0n) is 12.1. The molecule has 0 radical (unpaired) electrons.